The number of likely N-dealkylation sites (N-methyl/N-ethyl adjacent to an activating group) is 1. The maximum Gasteiger partial charge on any atom is 0.407 e. The number of rotatable bonds is 3. The molecule has 0 radical (unpaired) electrons. The van der Waals surface area contributed by atoms with Gasteiger partial charge in [-0.05, 0) is 18.1 Å². The fraction of sp³-hybridized carbons (Fsp3) is 0.294. The van der Waals surface area contributed by atoms with Crippen LogP contribution in [0.3, 0.4) is 0 Å². The predicted octanol–water partition coefficient (Wildman–Crippen LogP) is 3.22. The van der Waals surface area contributed by atoms with Crippen LogP contribution in [0.1, 0.15) is 17.9 Å². The van der Waals surface area contributed by atoms with Crippen molar-refractivity contribution in [1.29, 1.82) is 0 Å². The lowest BCUT2D eigenvalue weighted by molar-refractivity contribution is 0.149. The molecule has 0 aliphatic carbocycles. The Kier molecular flexibility index (Phi) is 3.96. The molecule has 1 aromatic heterocycles. The molecule has 1 amide bonds. The minimum absolute atomic E-state index is 0.154. The third kappa shape index (κ3) is 2.74. The van der Waals surface area contributed by atoms with Crippen molar-refractivity contribution in [3.8, 4) is 16.9 Å². The summed E-state index contributed by atoms with van der Waals surface area (Å²) in [6.45, 7) is 1.07. The van der Waals surface area contributed by atoms with Crippen LogP contribution in [0.4, 0.5) is 4.79 Å². The summed E-state index contributed by atoms with van der Waals surface area (Å²) in [6, 6.07) is 9.92. The normalized spacial score (nSPS) is 16.5. The number of amides is 1. The number of carbonyl (C=O) groups is 1. The van der Waals surface area contributed by atoms with E-state index in [0.717, 1.165) is 28.9 Å². The van der Waals surface area contributed by atoms with Crippen LogP contribution in [0.5, 0.6) is 5.75 Å². The lowest BCUT2D eigenvalue weighted by Crippen LogP contribution is -2.31. The Morgan fingerprint density at radius 1 is 1.41 bits per heavy atom. The smallest absolute Gasteiger partial charge is 0.407 e. The number of ether oxygens (including phenoxy) is 1. The first-order chi connectivity index (χ1) is 10.7. The van der Waals surface area contributed by atoms with Gasteiger partial charge in [-0.2, -0.15) is 0 Å². The minimum atomic E-state index is -0.906. The Bertz CT molecular complexity index is 673. The van der Waals surface area contributed by atoms with Crippen LogP contribution in [0.25, 0.3) is 11.1 Å². The summed E-state index contributed by atoms with van der Waals surface area (Å²) in [7, 11) is 1.60. The van der Waals surface area contributed by atoms with Gasteiger partial charge < -0.3 is 14.7 Å². The standard InChI is InChI=1S/C17H18N2O3/c1-19(17(20)21)11-13-7-9-22-16-14(5-2-6-15(13)16)12-4-3-8-18-10-12/h2-6,8,10,13H,7,9,11H2,1H3,(H,20,21)/t13-/m0/s1. The van der Waals surface area contributed by atoms with Crippen molar-refractivity contribution in [2.75, 3.05) is 20.2 Å². The molecule has 5 nitrogen and oxygen atoms in total. The number of nitrogens with zero attached hydrogens (tertiary/aromatic N) is 2. The second-order valence-corrected chi connectivity index (χ2v) is 5.46. The lowest BCUT2D eigenvalue weighted by atomic mass is 9.89. The molecule has 0 saturated heterocycles. The van der Waals surface area contributed by atoms with Crippen molar-refractivity contribution in [3.05, 3.63) is 48.3 Å². The molecule has 1 aromatic carbocycles. The van der Waals surface area contributed by atoms with Crippen LogP contribution in [-0.4, -0.2) is 41.3 Å². The molecule has 0 unspecified atom stereocenters. The monoisotopic (exact) mass is 298 g/mol. The number of carboxylic acid groups (broad SMARTS) is 1. The Morgan fingerprint density at radius 2 is 2.27 bits per heavy atom. The van der Waals surface area contributed by atoms with E-state index in [1.54, 1.807) is 13.2 Å². The van der Waals surface area contributed by atoms with Gasteiger partial charge in [0.25, 0.3) is 0 Å². The molecule has 1 atom stereocenters. The van der Waals surface area contributed by atoms with Gasteiger partial charge in [0.05, 0.1) is 6.61 Å². The zero-order chi connectivity index (χ0) is 15.5. The van der Waals surface area contributed by atoms with E-state index in [1.165, 1.54) is 4.90 Å². The zero-order valence-corrected chi connectivity index (χ0v) is 12.4. The van der Waals surface area contributed by atoms with Gasteiger partial charge in [-0.3, -0.25) is 4.98 Å². The summed E-state index contributed by atoms with van der Waals surface area (Å²) in [5.74, 6) is 1.01. The van der Waals surface area contributed by atoms with Crippen molar-refractivity contribution in [2.45, 2.75) is 12.3 Å². The third-order valence-electron chi connectivity index (χ3n) is 3.99. The number of hydrogen-bond acceptors (Lipinski definition) is 3. The highest BCUT2D eigenvalue weighted by Crippen LogP contribution is 2.40. The molecule has 1 aliphatic rings. The predicted molar refractivity (Wildman–Crippen MR) is 83.2 cm³/mol. The van der Waals surface area contributed by atoms with Gasteiger partial charge in [0.2, 0.25) is 0 Å². The molecule has 0 bridgehead atoms. The molecule has 0 saturated carbocycles. The quantitative estimate of drug-likeness (QED) is 0.945. The molecular formula is C17H18N2O3. The second-order valence-electron chi connectivity index (χ2n) is 5.46. The van der Waals surface area contributed by atoms with E-state index in [-0.39, 0.29) is 5.92 Å². The molecule has 1 N–H and O–H groups in total. The summed E-state index contributed by atoms with van der Waals surface area (Å²) in [4.78, 5) is 16.5. The van der Waals surface area contributed by atoms with Gasteiger partial charge >= 0.3 is 6.09 Å². The molecule has 5 heteroatoms. The van der Waals surface area contributed by atoms with Gasteiger partial charge in [0, 0.05) is 43.0 Å². The van der Waals surface area contributed by atoms with Crippen molar-refractivity contribution in [2.24, 2.45) is 0 Å². The van der Waals surface area contributed by atoms with Gasteiger partial charge in [-0.15, -0.1) is 0 Å². The van der Waals surface area contributed by atoms with Crippen LogP contribution >= 0.6 is 0 Å². The Hall–Kier alpha value is -2.56. The average molecular weight is 298 g/mol. The van der Waals surface area contributed by atoms with E-state index >= 15 is 0 Å². The minimum Gasteiger partial charge on any atom is -0.493 e. The van der Waals surface area contributed by atoms with Crippen LogP contribution < -0.4 is 4.74 Å². The van der Waals surface area contributed by atoms with Gasteiger partial charge in [0.15, 0.2) is 0 Å². The maximum absolute atomic E-state index is 11.1. The summed E-state index contributed by atoms with van der Waals surface area (Å²) in [5.41, 5.74) is 3.08. The number of benzene rings is 1. The van der Waals surface area contributed by atoms with Crippen LogP contribution in [-0.2, 0) is 0 Å². The molecule has 114 valence electrons. The average Bonchev–Trinajstić information content (AvgIpc) is 2.55. The number of fused-ring (bicyclic) bond motifs is 1. The highest BCUT2D eigenvalue weighted by molar-refractivity contribution is 5.72. The SMILES string of the molecule is CN(C[C@@H]1CCOc2c(-c3cccnc3)cccc21)C(=O)O. The molecule has 1 aliphatic heterocycles. The largest absolute Gasteiger partial charge is 0.493 e. The van der Waals surface area contributed by atoms with Crippen molar-refractivity contribution < 1.29 is 14.6 Å². The molecule has 3 rings (SSSR count). The summed E-state index contributed by atoms with van der Waals surface area (Å²) in [5, 5.41) is 9.08. The van der Waals surface area contributed by atoms with Crippen LogP contribution in [0.15, 0.2) is 42.7 Å². The van der Waals surface area contributed by atoms with Crippen molar-refractivity contribution >= 4 is 6.09 Å². The first kappa shape index (κ1) is 14.4. The highest BCUT2D eigenvalue weighted by Gasteiger charge is 2.26. The van der Waals surface area contributed by atoms with Gasteiger partial charge in [-0.1, -0.05) is 24.3 Å². The van der Waals surface area contributed by atoms with Crippen LogP contribution in [0.2, 0.25) is 0 Å². The van der Waals surface area contributed by atoms with E-state index in [4.69, 9.17) is 9.84 Å². The first-order valence-electron chi connectivity index (χ1n) is 7.27. The topological polar surface area (TPSA) is 62.7 Å². The number of hydrogen-bond donors (Lipinski definition) is 1. The molecular weight excluding hydrogens is 280 g/mol. The Morgan fingerprint density at radius 3 is 3.00 bits per heavy atom. The zero-order valence-electron chi connectivity index (χ0n) is 12.4. The molecule has 0 spiro atoms. The van der Waals surface area contributed by atoms with E-state index in [1.807, 2.05) is 36.5 Å². The van der Waals surface area contributed by atoms with Crippen LogP contribution in [0, 0.1) is 0 Å². The number of para-hydroxylation sites is 1. The second kappa shape index (κ2) is 6.05. The summed E-state index contributed by atoms with van der Waals surface area (Å²) >= 11 is 0. The first-order valence-corrected chi connectivity index (χ1v) is 7.27. The molecule has 0 fully saturated rings. The molecule has 2 heterocycles. The fourth-order valence-electron chi connectivity index (χ4n) is 2.84. The number of aromatic nitrogens is 1. The molecule has 2 aromatic rings. The fourth-order valence-corrected chi connectivity index (χ4v) is 2.84. The van der Waals surface area contributed by atoms with E-state index in [9.17, 15) is 4.79 Å². The number of pyridine rings is 1. The van der Waals surface area contributed by atoms with Crippen molar-refractivity contribution in [1.82, 2.24) is 9.88 Å². The van der Waals surface area contributed by atoms with Gasteiger partial charge in [0.1, 0.15) is 5.75 Å². The Balaban J connectivity index is 1.97. The van der Waals surface area contributed by atoms with Gasteiger partial charge in [-0.25, -0.2) is 4.79 Å². The maximum atomic E-state index is 11.1. The lowest BCUT2D eigenvalue weighted by Gasteiger charge is -2.29. The van der Waals surface area contributed by atoms with Crippen molar-refractivity contribution in [3.63, 3.8) is 0 Å². The summed E-state index contributed by atoms with van der Waals surface area (Å²) in [6.07, 6.45) is 3.47. The third-order valence-corrected chi connectivity index (χ3v) is 3.99. The molecule has 22 heavy (non-hydrogen) atoms. The van der Waals surface area contributed by atoms with E-state index in [0.29, 0.717) is 13.2 Å². The van der Waals surface area contributed by atoms with E-state index in [2.05, 4.69) is 4.98 Å². The Labute approximate surface area is 129 Å². The summed E-state index contributed by atoms with van der Waals surface area (Å²) < 4.78 is 5.89. The van der Waals surface area contributed by atoms with E-state index < -0.39 is 6.09 Å². The highest BCUT2D eigenvalue weighted by atomic mass is 16.5.